The lowest BCUT2D eigenvalue weighted by molar-refractivity contribution is 0.00578. The van der Waals surface area contributed by atoms with Gasteiger partial charge in [-0.25, -0.2) is 0 Å². The molecule has 0 aliphatic carbocycles. The summed E-state index contributed by atoms with van der Waals surface area (Å²) in [6.45, 7) is 8.39. The average molecular weight is 381 g/mol. The number of rotatable bonds is 2. The maximum atomic E-state index is 6.48. The monoisotopic (exact) mass is 381 g/mol. The van der Waals surface area contributed by atoms with Crippen molar-refractivity contribution >= 4 is 34.1 Å². The highest BCUT2D eigenvalue weighted by molar-refractivity contribution is 6.68. The molecule has 0 N–H and O–H groups in total. The van der Waals surface area contributed by atoms with Crippen molar-refractivity contribution in [3.05, 3.63) is 73.1 Å². The molecule has 1 aromatic heterocycles. The van der Waals surface area contributed by atoms with E-state index in [1.54, 1.807) is 0 Å². The molecule has 1 aliphatic rings. The third-order valence-electron chi connectivity index (χ3n) is 6.41. The summed E-state index contributed by atoms with van der Waals surface area (Å²) < 4.78 is 13.0. The maximum absolute atomic E-state index is 6.48. The van der Waals surface area contributed by atoms with Gasteiger partial charge in [-0.1, -0.05) is 54.6 Å². The van der Waals surface area contributed by atoms with Gasteiger partial charge in [0.15, 0.2) is 0 Å². The van der Waals surface area contributed by atoms with Crippen LogP contribution in [0.15, 0.2) is 73.1 Å². The second kappa shape index (κ2) is 6.41. The van der Waals surface area contributed by atoms with E-state index in [0.717, 1.165) is 21.8 Å². The van der Waals surface area contributed by atoms with Crippen LogP contribution in [0.2, 0.25) is 0 Å². The second-order valence-corrected chi connectivity index (χ2v) is 8.71. The fourth-order valence-corrected chi connectivity index (χ4v) is 4.20. The van der Waals surface area contributed by atoms with E-state index in [0.29, 0.717) is 0 Å². The van der Waals surface area contributed by atoms with Crippen LogP contribution < -0.4 is 5.46 Å². The van der Waals surface area contributed by atoms with E-state index >= 15 is 0 Å². The summed E-state index contributed by atoms with van der Waals surface area (Å²) in [7, 11) is -0.419. The summed E-state index contributed by atoms with van der Waals surface area (Å²) in [4.78, 5) is 4.36. The Bertz CT molecular complexity index is 1140. The largest absolute Gasteiger partial charge is 0.496 e. The van der Waals surface area contributed by atoms with Gasteiger partial charge in [-0.15, -0.1) is 0 Å². The van der Waals surface area contributed by atoms with Crippen LogP contribution in [0.1, 0.15) is 27.7 Å². The summed E-state index contributed by atoms with van der Waals surface area (Å²) in [5.74, 6) is 0. The van der Waals surface area contributed by atoms with E-state index < -0.39 is 7.12 Å². The van der Waals surface area contributed by atoms with Crippen LogP contribution in [0.3, 0.4) is 0 Å². The third-order valence-corrected chi connectivity index (χ3v) is 6.41. The van der Waals surface area contributed by atoms with Crippen LogP contribution in [0, 0.1) is 0 Å². The van der Waals surface area contributed by atoms with E-state index in [-0.39, 0.29) is 11.2 Å². The van der Waals surface area contributed by atoms with Crippen molar-refractivity contribution in [3.8, 4) is 11.1 Å². The molecule has 0 radical (unpaired) electrons. The Labute approximate surface area is 171 Å². The van der Waals surface area contributed by atoms with Gasteiger partial charge in [-0.2, -0.15) is 0 Å². The minimum atomic E-state index is -0.419. The zero-order valence-corrected chi connectivity index (χ0v) is 17.3. The van der Waals surface area contributed by atoms with Crippen LogP contribution in [0.25, 0.3) is 32.7 Å². The number of hydrogen-bond acceptors (Lipinski definition) is 3. The minimum absolute atomic E-state index is 0.387. The first-order valence-corrected chi connectivity index (χ1v) is 10.1. The first-order chi connectivity index (χ1) is 13.9. The number of fused-ring (bicyclic) bond motifs is 2. The van der Waals surface area contributed by atoms with E-state index in [2.05, 4.69) is 87.3 Å². The van der Waals surface area contributed by atoms with Crippen molar-refractivity contribution in [2.24, 2.45) is 0 Å². The summed E-state index contributed by atoms with van der Waals surface area (Å²) in [6.07, 6.45) is 3.75. The van der Waals surface area contributed by atoms with Gasteiger partial charge in [-0.3, -0.25) is 4.98 Å². The zero-order valence-electron chi connectivity index (χ0n) is 17.3. The van der Waals surface area contributed by atoms with Crippen LogP contribution in [-0.4, -0.2) is 23.3 Å². The lowest BCUT2D eigenvalue weighted by Gasteiger charge is -2.32. The summed E-state index contributed by atoms with van der Waals surface area (Å²) >= 11 is 0. The molecule has 0 bridgehead atoms. The maximum Gasteiger partial charge on any atom is 0.496 e. The van der Waals surface area contributed by atoms with Gasteiger partial charge in [0.25, 0.3) is 0 Å². The molecule has 0 saturated carbocycles. The molecule has 4 heteroatoms. The van der Waals surface area contributed by atoms with Crippen molar-refractivity contribution in [1.29, 1.82) is 0 Å². The predicted octanol–water partition coefficient (Wildman–Crippen LogP) is 5.35. The predicted molar refractivity (Wildman–Crippen MR) is 120 cm³/mol. The molecule has 3 nitrogen and oxygen atoms in total. The minimum Gasteiger partial charge on any atom is -0.399 e. The van der Waals surface area contributed by atoms with Crippen molar-refractivity contribution in [2.75, 3.05) is 0 Å². The second-order valence-electron chi connectivity index (χ2n) is 8.71. The summed E-state index contributed by atoms with van der Waals surface area (Å²) in [5.41, 5.74) is 2.64. The van der Waals surface area contributed by atoms with Crippen molar-refractivity contribution in [3.63, 3.8) is 0 Å². The highest BCUT2D eigenvalue weighted by atomic mass is 16.7. The smallest absolute Gasteiger partial charge is 0.399 e. The quantitative estimate of drug-likeness (QED) is 0.346. The summed E-state index contributed by atoms with van der Waals surface area (Å²) in [5, 5.41) is 4.68. The molecule has 29 heavy (non-hydrogen) atoms. The van der Waals surface area contributed by atoms with E-state index in [1.165, 1.54) is 16.3 Å². The van der Waals surface area contributed by atoms with Crippen LogP contribution in [0.5, 0.6) is 0 Å². The molecule has 144 valence electrons. The van der Waals surface area contributed by atoms with Crippen molar-refractivity contribution < 1.29 is 9.31 Å². The summed E-state index contributed by atoms with van der Waals surface area (Å²) in [6, 6.07) is 21.1. The fraction of sp³-hybridized carbons (Fsp3) is 0.240. The van der Waals surface area contributed by atoms with Gasteiger partial charge in [0, 0.05) is 18.0 Å². The van der Waals surface area contributed by atoms with Crippen LogP contribution in [-0.2, 0) is 9.31 Å². The molecule has 0 amide bonds. The van der Waals surface area contributed by atoms with Gasteiger partial charge in [0.05, 0.1) is 11.2 Å². The van der Waals surface area contributed by atoms with Crippen LogP contribution in [0.4, 0.5) is 0 Å². The molecule has 2 heterocycles. The third kappa shape index (κ3) is 2.78. The molecule has 5 rings (SSSR count). The topological polar surface area (TPSA) is 31.4 Å². The first kappa shape index (κ1) is 18.4. The number of nitrogens with zero attached hydrogens (tertiary/aromatic N) is 1. The van der Waals surface area contributed by atoms with Gasteiger partial charge < -0.3 is 9.31 Å². The molecule has 0 atom stereocenters. The normalized spacial score (nSPS) is 17.9. The fourth-order valence-electron chi connectivity index (χ4n) is 4.20. The van der Waals surface area contributed by atoms with Crippen molar-refractivity contribution in [2.45, 2.75) is 38.9 Å². The van der Waals surface area contributed by atoms with E-state index in [1.807, 2.05) is 18.5 Å². The number of benzene rings is 3. The molecule has 0 spiro atoms. The standard InChI is InChI=1S/C25H24BNO2/c1-24(2)25(3,4)29-26(28-24)23-20-13-7-5-11-18(20)22(17-10-9-15-27-16-17)19-12-6-8-14-21(19)23/h5-16H,1-4H3. The molecule has 4 aromatic rings. The molecule has 3 aromatic carbocycles. The van der Waals surface area contributed by atoms with Crippen molar-refractivity contribution in [1.82, 2.24) is 4.98 Å². The lowest BCUT2D eigenvalue weighted by Crippen LogP contribution is -2.41. The Morgan fingerprint density at radius 3 is 1.69 bits per heavy atom. The molecule has 1 fully saturated rings. The van der Waals surface area contributed by atoms with Gasteiger partial charge >= 0.3 is 7.12 Å². The Morgan fingerprint density at radius 2 is 1.21 bits per heavy atom. The van der Waals surface area contributed by atoms with Gasteiger partial charge in [0.1, 0.15) is 0 Å². The van der Waals surface area contributed by atoms with Gasteiger partial charge in [-0.05, 0) is 66.3 Å². The average Bonchev–Trinajstić information content (AvgIpc) is 2.93. The first-order valence-electron chi connectivity index (χ1n) is 10.1. The van der Waals surface area contributed by atoms with E-state index in [9.17, 15) is 0 Å². The molecule has 1 saturated heterocycles. The Hall–Kier alpha value is -2.69. The molecular formula is C25H24BNO2. The number of aromatic nitrogens is 1. The lowest BCUT2D eigenvalue weighted by atomic mass is 9.71. The zero-order chi connectivity index (χ0) is 20.2. The molecule has 0 unspecified atom stereocenters. The Balaban J connectivity index is 1.87. The Morgan fingerprint density at radius 1 is 0.690 bits per heavy atom. The molecule has 1 aliphatic heterocycles. The number of hydrogen-bond donors (Lipinski definition) is 0. The SMILES string of the molecule is CC1(C)OB(c2c3ccccc3c(-c3cccnc3)c3ccccc23)OC1(C)C. The highest BCUT2D eigenvalue weighted by Crippen LogP contribution is 2.40. The van der Waals surface area contributed by atoms with Crippen LogP contribution >= 0.6 is 0 Å². The van der Waals surface area contributed by atoms with Gasteiger partial charge in [0.2, 0.25) is 0 Å². The Kier molecular flexibility index (Phi) is 4.06. The highest BCUT2D eigenvalue weighted by Gasteiger charge is 2.52. The van der Waals surface area contributed by atoms with E-state index in [4.69, 9.17) is 9.31 Å². The molecular weight excluding hydrogens is 357 g/mol. The number of pyridine rings is 1.